The number of rotatable bonds is 5. The first-order valence-electron chi connectivity index (χ1n) is 9.30. The highest BCUT2D eigenvalue weighted by molar-refractivity contribution is 6.34. The van der Waals surface area contributed by atoms with Crippen LogP contribution in [-0.2, 0) is 9.47 Å². The summed E-state index contributed by atoms with van der Waals surface area (Å²) in [4.78, 5) is 13.5. The van der Waals surface area contributed by atoms with Crippen molar-refractivity contribution in [3.63, 3.8) is 0 Å². The topological polar surface area (TPSA) is 50.8 Å². The number of alkyl halides is 3. The molecule has 0 spiro atoms. The van der Waals surface area contributed by atoms with E-state index in [1.807, 2.05) is 0 Å². The van der Waals surface area contributed by atoms with Gasteiger partial charge in [-0.1, -0.05) is 34.8 Å². The Kier molecular flexibility index (Phi) is 9.90. The molecular formula is C20H18Cl4F4N2O3. The van der Waals surface area contributed by atoms with E-state index in [1.165, 1.54) is 17.0 Å². The van der Waals surface area contributed by atoms with Gasteiger partial charge in [0.05, 0.1) is 17.7 Å². The number of benzene rings is 2. The van der Waals surface area contributed by atoms with E-state index in [4.69, 9.17) is 39.5 Å². The molecule has 2 aromatic carbocycles. The van der Waals surface area contributed by atoms with E-state index < -0.39 is 36.8 Å². The first-order valence-corrected chi connectivity index (χ1v) is 10.4. The second-order valence-electron chi connectivity index (χ2n) is 7.01. The van der Waals surface area contributed by atoms with Crippen LogP contribution in [-0.4, -0.2) is 49.5 Å². The summed E-state index contributed by atoms with van der Waals surface area (Å²) in [6.07, 6.45) is -9.17. The fourth-order valence-electron chi connectivity index (χ4n) is 3.12. The molecule has 0 radical (unpaired) electrons. The Hall–Kier alpha value is -1.49. The van der Waals surface area contributed by atoms with Gasteiger partial charge >= 0.3 is 12.3 Å². The van der Waals surface area contributed by atoms with E-state index in [1.54, 1.807) is 12.1 Å². The van der Waals surface area contributed by atoms with Gasteiger partial charge in [-0.15, -0.1) is 12.4 Å². The van der Waals surface area contributed by atoms with Crippen LogP contribution in [0.25, 0.3) is 0 Å². The molecule has 1 N–H and O–H groups in total. The van der Waals surface area contributed by atoms with Crippen molar-refractivity contribution in [2.45, 2.75) is 18.4 Å². The first-order chi connectivity index (χ1) is 15.0. The zero-order chi connectivity index (χ0) is 23.5. The van der Waals surface area contributed by atoms with Crippen LogP contribution < -0.4 is 5.32 Å². The quantitative estimate of drug-likeness (QED) is 0.417. The molecule has 1 aliphatic heterocycles. The van der Waals surface area contributed by atoms with Gasteiger partial charge < -0.3 is 9.47 Å². The first kappa shape index (κ1) is 27.8. The third kappa shape index (κ3) is 8.05. The minimum atomic E-state index is -4.82. The average molecular weight is 552 g/mol. The summed E-state index contributed by atoms with van der Waals surface area (Å²) in [7, 11) is 0. The maximum atomic E-state index is 13.5. The molecule has 13 heteroatoms. The molecule has 1 amide bonds. The van der Waals surface area contributed by atoms with Crippen molar-refractivity contribution >= 4 is 59.0 Å². The molecule has 1 aliphatic rings. The van der Waals surface area contributed by atoms with Gasteiger partial charge in [0.2, 0.25) is 6.10 Å². The molecule has 2 aromatic rings. The fraction of sp³-hybridized carbons (Fsp3) is 0.350. The predicted octanol–water partition coefficient (Wildman–Crippen LogP) is 6.76. The minimum Gasteiger partial charge on any atom is -0.435 e. The Balaban J connectivity index is 0.00000385. The van der Waals surface area contributed by atoms with Crippen molar-refractivity contribution < 1.29 is 31.8 Å². The lowest BCUT2D eigenvalue weighted by atomic mass is 10.1. The second kappa shape index (κ2) is 11.8. The van der Waals surface area contributed by atoms with Crippen molar-refractivity contribution in [1.82, 2.24) is 4.90 Å². The highest BCUT2D eigenvalue weighted by Gasteiger charge is 2.44. The zero-order valence-electron chi connectivity index (χ0n) is 16.7. The molecule has 1 saturated heterocycles. The monoisotopic (exact) mass is 550 g/mol. The van der Waals surface area contributed by atoms with E-state index in [-0.39, 0.29) is 42.8 Å². The predicted molar refractivity (Wildman–Crippen MR) is 120 cm³/mol. The lowest BCUT2D eigenvalue weighted by Gasteiger charge is -2.35. The number of anilines is 1. The minimum absolute atomic E-state index is 0. The number of carbonyl (C=O) groups excluding carboxylic acids is 1. The smallest absolute Gasteiger partial charge is 0.426 e. The number of hydrogen-bond acceptors (Lipinski definition) is 4. The van der Waals surface area contributed by atoms with Gasteiger partial charge in [-0.2, -0.15) is 13.2 Å². The normalized spacial score (nSPS) is 17.7. The summed E-state index contributed by atoms with van der Waals surface area (Å²) >= 11 is 17.5. The van der Waals surface area contributed by atoms with Crippen molar-refractivity contribution in [2.75, 3.05) is 31.6 Å². The summed E-state index contributed by atoms with van der Waals surface area (Å²) in [6.45, 7) is -0.142. The van der Waals surface area contributed by atoms with E-state index in [9.17, 15) is 22.4 Å². The number of carbonyl (C=O) groups is 1. The molecule has 2 atom stereocenters. The van der Waals surface area contributed by atoms with Crippen molar-refractivity contribution in [1.29, 1.82) is 0 Å². The molecule has 33 heavy (non-hydrogen) atoms. The standard InChI is InChI=1S/C20H17Cl3F4N2O3.ClH/c21-12-5-11(6-13(22)7-12)17-9-29(3-4-31-17)10-18(20(25,26)27)32-19(30)28-14-1-2-15(23)16(24)8-14;/h1-2,5-8,17-18H,3-4,9-10H2,(H,28,30);1H/t17-,18-;/m0./s1. The molecular weight excluding hydrogens is 534 g/mol. The molecule has 0 aliphatic carbocycles. The average Bonchev–Trinajstić information content (AvgIpc) is 2.69. The van der Waals surface area contributed by atoms with E-state index >= 15 is 0 Å². The number of hydrogen-bond donors (Lipinski definition) is 1. The molecule has 0 aromatic heterocycles. The Morgan fingerprint density at radius 1 is 1.18 bits per heavy atom. The zero-order valence-corrected chi connectivity index (χ0v) is 19.8. The van der Waals surface area contributed by atoms with Crippen molar-refractivity contribution in [3.8, 4) is 0 Å². The van der Waals surface area contributed by atoms with E-state index in [0.29, 0.717) is 15.6 Å². The number of nitrogens with zero attached hydrogens (tertiary/aromatic N) is 1. The Morgan fingerprint density at radius 3 is 2.45 bits per heavy atom. The molecule has 5 nitrogen and oxygen atoms in total. The Labute approximate surface area is 208 Å². The number of nitrogens with one attached hydrogen (secondary N) is 1. The lowest BCUT2D eigenvalue weighted by Crippen LogP contribution is -2.48. The van der Waals surface area contributed by atoms with Crippen LogP contribution >= 0.6 is 47.2 Å². The third-order valence-electron chi connectivity index (χ3n) is 4.61. The molecule has 0 bridgehead atoms. The number of morpholine rings is 1. The van der Waals surface area contributed by atoms with Gasteiger partial charge in [0, 0.05) is 35.4 Å². The molecule has 1 fully saturated rings. The number of amides is 1. The van der Waals surface area contributed by atoms with Crippen LogP contribution in [0.5, 0.6) is 0 Å². The van der Waals surface area contributed by atoms with Gasteiger partial charge in [0.25, 0.3) is 0 Å². The van der Waals surface area contributed by atoms with Crippen LogP contribution in [0.2, 0.25) is 15.1 Å². The van der Waals surface area contributed by atoms with Gasteiger partial charge in [0.15, 0.2) is 0 Å². The largest absolute Gasteiger partial charge is 0.435 e. The van der Waals surface area contributed by atoms with Crippen LogP contribution in [0, 0.1) is 5.82 Å². The van der Waals surface area contributed by atoms with Crippen LogP contribution in [0.3, 0.4) is 0 Å². The molecule has 1 heterocycles. The summed E-state index contributed by atoms with van der Waals surface area (Å²) in [5, 5.41) is 2.62. The number of ether oxygens (including phenoxy) is 2. The van der Waals surface area contributed by atoms with Crippen LogP contribution in [0.1, 0.15) is 11.7 Å². The highest BCUT2D eigenvalue weighted by Crippen LogP contribution is 2.30. The lowest BCUT2D eigenvalue weighted by molar-refractivity contribution is -0.209. The van der Waals surface area contributed by atoms with E-state index in [0.717, 1.165) is 12.1 Å². The molecule has 0 saturated carbocycles. The maximum Gasteiger partial charge on any atom is 0.426 e. The second-order valence-corrected chi connectivity index (χ2v) is 8.29. The molecule has 0 unspecified atom stereocenters. The summed E-state index contributed by atoms with van der Waals surface area (Å²) in [5.74, 6) is -0.836. The van der Waals surface area contributed by atoms with Crippen LogP contribution in [0.15, 0.2) is 36.4 Å². The number of halogens is 8. The highest BCUT2D eigenvalue weighted by atomic mass is 35.5. The molecule has 182 valence electrons. The fourth-order valence-corrected chi connectivity index (χ4v) is 3.78. The summed E-state index contributed by atoms with van der Waals surface area (Å²) in [5.41, 5.74) is 0.529. The SMILES string of the molecule is Cl.O=C(Nc1ccc(Cl)c(F)c1)O[C@@H](CN1CCO[C@H](c2cc(Cl)cc(Cl)c2)C1)C(F)(F)F. The van der Waals surface area contributed by atoms with Crippen LogP contribution in [0.4, 0.5) is 28.0 Å². The maximum absolute atomic E-state index is 13.5. The Bertz CT molecular complexity index is 961. The van der Waals surface area contributed by atoms with E-state index in [2.05, 4.69) is 10.1 Å². The summed E-state index contributed by atoms with van der Waals surface area (Å²) < 4.78 is 64.4. The molecule has 3 rings (SSSR count). The third-order valence-corrected chi connectivity index (χ3v) is 5.35. The van der Waals surface area contributed by atoms with Gasteiger partial charge in [-0.05, 0) is 42.0 Å². The van der Waals surface area contributed by atoms with Gasteiger partial charge in [-0.25, -0.2) is 9.18 Å². The van der Waals surface area contributed by atoms with Gasteiger partial charge in [-0.3, -0.25) is 10.2 Å². The summed E-state index contributed by atoms with van der Waals surface area (Å²) in [6, 6.07) is 8.04. The van der Waals surface area contributed by atoms with Crippen molar-refractivity contribution in [3.05, 3.63) is 62.8 Å². The van der Waals surface area contributed by atoms with Crippen molar-refractivity contribution in [2.24, 2.45) is 0 Å². The Morgan fingerprint density at radius 2 is 1.85 bits per heavy atom. The van der Waals surface area contributed by atoms with Gasteiger partial charge in [0.1, 0.15) is 5.82 Å².